The molecule has 2 aliphatic rings. The van der Waals surface area contributed by atoms with Crippen molar-refractivity contribution >= 4 is 17.8 Å². The fourth-order valence-electron chi connectivity index (χ4n) is 4.15. The van der Waals surface area contributed by atoms with E-state index in [0.29, 0.717) is 13.0 Å². The highest BCUT2D eigenvalue weighted by molar-refractivity contribution is 6.09. The predicted octanol–water partition coefficient (Wildman–Crippen LogP) is 2.24. The first-order valence-corrected chi connectivity index (χ1v) is 10.00. The van der Waals surface area contributed by atoms with Gasteiger partial charge in [-0.05, 0) is 49.3 Å². The van der Waals surface area contributed by atoms with Crippen LogP contribution in [0.4, 0.5) is 4.79 Å². The van der Waals surface area contributed by atoms with Crippen molar-refractivity contribution in [3.05, 3.63) is 29.8 Å². The molecule has 2 fully saturated rings. The molecule has 1 heterocycles. The van der Waals surface area contributed by atoms with Crippen molar-refractivity contribution in [3.8, 4) is 5.75 Å². The van der Waals surface area contributed by atoms with Crippen LogP contribution in [0.15, 0.2) is 24.3 Å². The van der Waals surface area contributed by atoms with Gasteiger partial charge in [0.15, 0.2) is 0 Å². The number of carbonyl (C=O) groups is 3. The maximum absolute atomic E-state index is 12.9. The van der Waals surface area contributed by atoms with Crippen molar-refractivity contribution < 1.29 is 19.1 Å². The van der Waals surface area contributed by atoms with Crippen LogP contribution in [0.5, 0.6) is 5.75 Å². The molecule has 0 radical (unpaired) electrons. The van der Waals surface area contributed by atoms with E-state index in [9.17, 15) is 14.4 Å². The minimum Gasteiger partial charge on any atom is -0.497 e. The lowest BCUT2D eigenvalue weighted by Gasteiger charge is -2.36. The second-order valence-corrected chi connectivity index (χ2v) is 7.74. The third-order valence-electron chi connectivity index (χ3n) is 5.93. The zero-order valence-electron chi connectivity index (χ0n) is 16.6. The Morgan fingerprint density at radius 1 is 1.29 bits per heavy atom. The van der Waals surface area contributed by atoms with E-state index in [2.05, 4.69) is 10.6 Å². The maximum atomic E-state index is 12.9. The molecule has 1 aliphatic carbocycles. The van der Waals surface area contributed by atoms with E-state index in [-0.39, 0.29) is 24.3 Å². The second kappa shape index (κ2) is 8.63. The Morgan fingerprint density at radius 3 is 2.71 bits per heavy atom. The van der Waals surface area contributed by atoms with Crippen LogP contribution in [-0.4, -0.2) is 48.5 Å². The average molecular weight is 387 g/mol. The Labute approximate surface area is 165 Å². The third kappa shape index (κ3) is 4.13. The number of hydrogen-bond acceptors (Lipinski definition) is 4. The van der Waals surface area contributed by atoms with Gasteiger partial charge in [-0.2, -0.15) is 0 Å². The summed E-state index contributed by atoms with van der Waals surface area (Å²) in [5.41, 5.74) is 0.349. The van der Waals surface area contributed by atoms with Gasteiger partial charge >= 0.3 is 6.03 Å². The molecule has 1 spiro atoms. The molecule has 1 saturated heterocycles. The number of imide groups is 1. The number of amides is 4. The predicted molar refractivity (Wildman–Crippen MR) is 105 cm³/mol. The van der Waals surface area contributed by atoms with Gasteiger partial charge in [-0.25, -0.2) is 4.79 Å². The number of ether oxygens (including phenoxy) is 1. The van der Waals surface area contributed by atoms with E-state index >= 15 is 0 Å². The van der Waals surface area contributed by atoms with E-state index in [1.165, 1.54) is 0 Å². The van der Waals surface area contributed by atoms with Crippen molar-refractivity contribution in [2.75, 3.05) is 20.2 Å². The molecular formula is C21H29N3O4. The monoisotopic (exact) mass is 387 g/mol. The summed E-state index contributed by atoms with van der Waals surface area (Å²) in [5, 5.41) is 5.68. The largest absolute Gasteiger partial charge is 0.497 e. The van der Waals surface area contributed by atoms with Crippen molar-refractivity contribution in [2.45, 2.75) is 51.0 Å². The lowest BCUT2D eigenvalue weighted by molar-refractivity contribution is -0.137. The van der Waals surface area contributed by atoms with E-state index in [0.717, 1.165) is 48.3 Å². The maximum Gasteiger partial charge on any atom is 0.325 e. The van der Waals surface area contributed by atoms with Crippen LogP contribution in [0.25, 0.3) is 0 Å². The molecule has 4 amide bonds. The zero-order valence-corrected chi connectivity index (χ0v) is 16.6. The van der Waals surface area contributed by atoms with Crippen LogP contribution in [0.1, 0.15) is 44.6 Å². The fourth-order valence-corrected chi connectivity index (χ4v) is 4.15. The Bertz CT molecular complexity index is 734. The fraction of sp³-hybridized carbons (Fsp3) is 0.571. The summed E-state index contributed by atoms with van der Waals surface area (Å²) in [7, 11) is 1.63. The van der Waals surface area contributed by atoms with Crippen molar-refractivity contribution in [2.24, 2.45) is 5.92 Å². The van der Waals surface area contributed by atoms with Crippen molar-refractivity contribution in [1.29, 1.82) is 0 Å². The van der Waals surface area contributed by atoms with Crippen LogP contribution >= 0.6 is 0 Å². The number of urea groups is 1. The number of nitrogens with zero attached hydrogens (tertiary/aromatic N) is 1. The van der Waals surface area contributed by atoms with E-state index in [1.54, 1.807) is 7.11 Å². The zero-order chi connectivity index (χ0) is 20.1. The average Bonchev–Trinajstić information content (AvgIpc) is 2.93. The number of rotatable bonds is 7. The molecule has 0 aromatic heterocycles. The molecule has 1 aromatic carbocycles. The van der Waals surface area contributed by atoms with Gasteiger partial charge in [0.1, 0.15) is 17.8 Å². The molecule has 2 unspecified atom stereocenters. The van der Waals surface area contributed by atoms with Gasteiger partial charge in [0.05, 0.1) is 7.11 Å². The molecule has 0 bridgehead atoms. The minimum absolute atomic E-state index is 0.0928. The number of benzene rings is 1. The first-order valence-electron chi connectivity index (χ1n) is 10.00. The summed E-state index contributed by atoms with van der Waals surface area (Å²) < 4.78 is 5.13. The van der Waals surface area contributed by atoms with Crippen LogP contribution in [0.2, 0.25) is 0 Å². The highest BCUT2D eigenvalue weighted by Gasteiger charge is 2.55. The highest BCUT2D eigenvalue weighted by Crippen LogP contribution is 2.38. The molecule has 2 atom stereocenters. The summed E-state index contributed by atoms with van der Waals surface area (Å²) in [5.74, 6) is 0.350. The topological polar surface area (TPSA) is 87.7 Å². The molecule has 1 aliphatic heterocycles. The lowest BCUT2D eigenvalue weighted by Crippen LogP contribution is -2.54. The van der Waals surface area contributed by atoms with Gasteiger partial charge in [0.25, 0.3) is 5.91 Å². The molecule has 1 aromatic rings. The SMILES string of the molecule is COc1ccc(CCCNC(=O)CN2C(=O)NC3(CCCCC3C)C2=O)cc1. The number of hydrogen-bond donors (Lipinski definition) is 2. The Kier molecular flexibility index (Phi) is 6.21. The lowest BCUT2D eigenvalue weighted by atomic mass is 9.73. The molecule has 7 nitrogen and oxygen atoms in total. The van der Waals surface area contributed by atoms with Crippen molar-refractivity contribution in [3.63, 3.8) is 0 Å². The van der Waals surface area contributed by atoms with E-state index in [4.69, 9.17) is 4.74 Å². The standard InChI is InChI=1S/C21H29N3O4/c1-15-6-3-4-12-21(15)19(26)24(20(27)23-21)14-18(25)22-13-5-7-16-8-10-17(28-2)11-9-16/h8-11,15H,3-7,12-14H2,1-2H3,(H,22,25)(H,23,27). The molecular weight excluding hydrogens is 358 g/mol. The first-order chi connectivity index (χ1) is 13.5. The summed E-state index contributed by atoms with van der Waals surface area (Å²) in [6, 6.07) is 7.37. The van der Waals surface area contributed by atoms with Gasteiger partial charge < -0.3 is 15.4 Å². The van der Waals surface area contributed by atoms with Crippen LogP contribution in [0, 0.1) is 5.92 Å². The third-order valence-corrected chi connectivity index (χ3v) is 5.93. The first kappa shape index (κ1) is 20.2. The molecule has 3 rings (SSSR count). The van der Waals surface area contributed by atoms with Gasteiger partial charge in [-0.1, -0.05) is 31.9 Å². The van der Waals surface area contributed by atoms with Crippen LogP contribution in [0.3, 0.4) is 0 Å². The highest BCUT2D eigenvalue weighted by atomic mass is 16.5. The summed E-state index contributed by atoms with van der Waals surface area (Å²) in [6.45, 7) is 2.28. The Balaban J connectivity index is 1.45. The summed E-state index contributed by atoms with van der Waals surface area (Å²) in [6.07, 6.45) is 5.16. The number of carbonyl (C=O) groups excluding carboxylic acids is 3. The summed E-state index contributed by atoms with van der Waals surface area (Å²) >= 11 is 0. The van der Waals surface area contributed by atoms with Gasteiger partial charge in [-0.15, -0.1) is 0 Å². The van der Waals surface area contributed by atoms with Gasteiger partial charge in [0, 0.05) is 6.54 Å². The number of methoxy groups -OCH3 is 1. The molecule has 152 valence electrons. The molecule has 2 N–H and O–H groups in total. The molecule has 7 heteroatoms. The Morgan fingerprint density at radius 2 is 2.04 bits per heavy atom. The summed E-state index contributed by atoms with van der Waals surface area (Å²) in [4.78, 5) is 38.5. The smallest absolute Gasteiger partial charge is 0.325 e. The van der Waals surface area contributed by atoms with Gasteiger partial charge in [0.2, 0.25) is 5.91 Å². The van der Waals surface area contributed by atoms with Crippen LogP contribution < -0.4 is 15.4 Å². The van der Waals surface area contributed by atoms with Gasteiger partial charge in [-0.3, -0.25) is 14.5 Å². The minimum atomic E-state index is -0.815. The van der Waals surface area contributed by atoms with Crippen LogP contribution in [-0.2, 0) is 16.0 Å². The quantitative estimate of drug-likeness (QED) is 0.555. The van der Waals surface area contributed by atoms with E-state index < -0.39 is 11.6 Å². The normalized spacial score (nSPS) is 24.4. The number of aryl methyl sites for hydroxylation is 1. The molecule has 1 saturated carbocycles. The Hall–Kier alpha value is -2.57. The van der Waals surface area contributed by atoms with E-state index in [1.807, 2.05) is 31.2 Å². The molecule has 28 heavy (non-hydrogen) atoms. The number of nitrogens with one attached hydrogen (secondary N) is 2. The second-order valence-electron chi connectivity index (χ2n) is 7.74. The van der Waals surface area contributed by atoms with Crippen molar-refractivity contribution in [1.82, 2.24) is 15.5 Å².